The Morgan fingerprint density at radius 2 is 2.20 bits per heavy atom. The molecule has 1 aromatic heterocycles. The lowest BCUT2D eigenvalue weighted by atomic mass is 10.2. The zero-order valence-electron chi connectivity index (χ0n) is 8.45. The van der Waals surface area contributed by atoms with Gasteiger partial charge in [-0.25, -0.2) is 4.98 Å². The largest absolute Gasteiger partial charge is 0.497 e. The predicted molar refractivity (Wildman–Crippen MR) is 66.5 cm³/mol. The van der Waals surface area contributed by atoms with Crippen molar-refractivity contribution in [2.24, 2.45) is 0 Å². The van der Waals surface area contributed by atoms with Crippen LogP contribution in [-0.2, 0) is 0 Å². The number of hydrogen-bond acceptors (Lipinski definition) is 3. The van der Waals surface area contributed by atoms with Crippen LogP contribution in [0.5, 0.6) is 5.75 Å². The number of aryl methyl sites for hydroxylation is 1. The number of ether oxygens (including phenoxy) is 1. The molecule has 1 heterocycles. The fourth-order valence-corrected chi connectivity index (χ4v) is 3.03. The molecule has 0 fully saturated rings. The average molecular weight is 284 g/mol. The van der Waals surface area contributed by atoms with Crippen molar-refractivity contribution < 1.29 is 4.74 Å². The summed E-state index contributed by atoms with van der Waals surface area (Å²) in [4.78, 5) is 4.47. The van der Waals surface area contributed by atoms with Crippen molar-refractivity contribution in [1.82, 2.24) is 4.98 Å². The summed E-state index contributed by atoms with van der Waals surface area (Å²) in [5, 5.41) is 1.06. The Morgan fingerprint density at radius 1 is 1.40 bits per heavy atom. The van der Waals surface area contributed by atoms with Crippen molar-refractivity contribution in [1.29, 1.82) is 0 Å². The molecule has 0 bridgehead atoms. The van der Waals surface area contributed by atoms with Crippen molar-refractivity contribution in [3.05, 3.63) is 33.1 Å². The predicted octanol–water partition coefficient (Wildman–Crippen LogP) is 3.89. The first-order valence-corrected chi connectivity index (χ1v) is 6.09. The van der Waals surface area contributed by atoms with Crippen LogP contribution in [0.25, 0.3) is 11.3 Å². The van der Waals surface area contributed by atoms with Gasteiger partial charge in [0, 0.05) is 5.56 Å². The van der Waals surface area contributed by atoms with Gasteiger partial charge in [-0.3, -0.25) is 0 Å². The second-order valence-corrected chi connectivity index (χ2v) is 5.61. The van der Waals surface area contributed by atoms with Crippen LogP contribution in [0.3, 0.4) is 0 Å². The Labute approximate surface area is 101 Å². The van der Waals surface area contributed by atoms with E-state index in [-0.39, 0.29) is 0 Å². The van der Waals surface area contributed by atoms with Crippen molar-refractivity contribution in [2.75, 3.05) is 7.11 Å². The Balaban J connectivity index is 2.49. The number of methoxy groups -OCH3 is 1. The van der Waals surface area contributed by atoms with Crippen LogP contribution in [0.1, 0.15) is 5.01 Å². The Morgan fingerprint density at radius 3 is 2.80 bits per heavy atom. The number of nitrogens with zero attached hydrogens (tertiary/aromatic N) is 1. The van der Waals surface area contributed by atoms with E-state index in [9.17, 15) is 0 Å². The standard InChI is InChI=1S/C11H10BrNOS/c1-7-13-10(11(12)15-7)8-4-3-5-9(6-8)14-2/h3-6H,1-2H3. The SMILES string of the molecule is COc1cccc(-c2nc(C)sc2Br)c1. The number of hydrogen-bond donors (Lipinski definition) is 0. The topological polar surface area (TPSA) is 22.1 Å². The van der Waals surface area contributed by atoms with Crippen LogP contribution in [0, 0.1) is 6.92 Å². The monoisotopic (exact) mass is 283 g/mol. The second-order valence-electron chi connectivity index (χ2n) is 3.09. The van der Waals surface area contributed by atoms with E-state index in [0.29, 0.717) is 0 Å². The highest BCUT2D eigenvalue weighted by Crippen LogP contribution is 2.33. The van der Waals surface area contributed by atoms with Gasteiger partial charge in [0.2, 0.25) is 0 Å². The van der Waals surface area contributed by atoms with Crippen LogP contribution in [0.2, 0.25) is 0 Å². The maximum absolute atomic E-state index is 5.18. The van der Waals surface area contributed by atoms with Gasteiger partial charge in [-0.15, -0.1) is 11.3 Å². The van der Waals surface area contributed by atoms with Crippen molar-refractivity contribution >= 4 is 27.3 Å². The Kier molecular flexibility index (Phi) is 3.07. The van der Waals surface area contributed by atoms with Crippen LogP contribution in [0.4, 0.5) is 0 Å². The van der Waals surface area contributed by atoms with Crippen LogP contribution in [-0.4, -0.2) is 12.1 Å². The molecule has 2 aromatic rings. The van der Waals surface area contributed by atoms with E-state index in [1.165, 1.54) is 0 Å². The molecular formula is C11H10BrNOS. The summed E-state index contributed by atoms with van der Waals surface area (Å²) < 4.78 is 6.25. The molecule has 0 atom stereocenters. The third kappa shape index (κ3) is 2.21. The minimum atomic E-state index is 0.852. The maximum Gasteiger partial charge on any atom is 0.119 e. The molecule has 15 heavy (non-hydrogen) atoms. The molecule has 2 rings (SSSR count). The minimum absolute atomic E-state index is 0.852. The van der Waals surface area contributed by atoms with Gasteiger partial charge in [0.1, 0.15) is 5.75 Å². The first-order chi connectivity index (χ1) is 7.20. The smallest absolute Gasteiger partial charge is 0.119 e. The molecule has 0 aliphatic rings. The third-order valence-corrected chi connectivity index (χ3v) is 3.66. The lowest BCUT2D eigenvalue weighted by molar-refractivity contribution is 0.415. The van der Waals surface area contributed by atoms with Crippen molar-refractivity contribution in [3.63, 3.8) is 0 Å². The van der Waals surface area contributed by atoms with E-state index in [1.807, 2.05) is 31.2 Å². The second kappa shape index (κ2) is 4.33. The summed E-state index contributed by atoms with van der Waals surface area (Å²) in [5.41, 5.74) is 2.06. The zero-order chi connectivity index (χ0) is 10.8. The molecule has 0 radical (unpaired) electrons. The molecule has 0 aliphatic carbocycles. The molecule has 2 nitrogen and oxygen atoms in total. The lowest BCUT2D eigenvalue weighted by Crippen LogP contribution is -1.84. The van der Waals surface area contributed by atoms with Gasteiger partial charge >= 0.3 is 0 Å². The number of halogens is 1. The number of aromatic nitrogens is 1. The quantitative estimate of drug-likeness (QED) is 0.834. The van der Waals surface area contributed by atoms with E-state index in [0.717, 1.165) is 25.8 Å². The van der Waals surface area contributed by atoms with E-state index in [2.05, 4.69) is 20.9 Å². The Bertz CT molecular complexity index is 481. The highest BCUT2D eigenvalue weighted by Gasteiger charge is 2.09. The highest BCUT2D eigenvalue weighted by molar-refractivity contribution is 9.11. The molecule has 0 aliphatic heterocycles. The number of benzene rings is 1. The summed E-state index contributed by atoms with van der Waals surface area (Å²) >= 11 is 5.16. The summed E-state index contributed by atoms with van der Waals surface area (Å²) in [6.07, 6.45) is 0. The van der Waals surface area contributed by atoms with Gasteiger partial charge in [0.05, 0.1) is 21.6 Å². The highest BCUT2D eigenvalue weighted by atomic mass is 79.9. The van der Waals surface area contributed by atoms with Gasteiger partial charge in [-0.05, 0) is 35.0 Å². The number of rotatable bonds is 2. The summed E-state index contributed by atoms with van der Waals surface area (Å²) in [6.45, 7) is 2.00. The molecule has 0 N–H and O–H groups in total. The summed E-state index contributed by atoms with van der Waals surface area (Å²) in [6, 6.07) is 7.91. The molecule has 0 amide bonds. The lowest BCUT2D eigenvalue weighted by Gasteiger charge is -2.02. The summed E-state index contributed by atoms with van der Waals surface area (Å²) in [5.74, 6) is 0.852. The Hall–Kier alpha value is -0.870. The molecule has 0 spiro atoms. The van der Waals surface area contributed by atoms with E-state index < -0.39 is 0 Å². The fraction of sp³-hybridized carbons (Fsp3) is 0.182. The molecule has 1 aromatic carbocycles. The molecule has 4 heteroatoms. The third-order valence-electron chi connectivity index (χ3n) is 2.04. The zero-order valence-corrected chi connectivity index (χ0v) is 10.9. The van der Waals surface area contributed by atoms with E-state index >= 15 is 0 Å². The average Bonchev–Trinajstić information content (AvgIpc) is 2.58. The van der Waals surface area contributed by atoms with Gasteiger partial charge in [-0.1, -0.05) is 12.1 Å². The molecule has 0 saturated heterocycles. The van der Waals surface area contributed by atoms with Crippen molar-refractivity contribution in [3.8, 4) is 17.0 Å². The van der Waals surface area contributed by atoms with Gasteiger partial charge in [0.15, 0.2) is 0 Å². The van der Waals surface area contributed by atoms with Gasteiger partial charge < -0.3 is 4.74 Å². The van der Waals surface area contributed by atoms with E-state index in [1.54, 1.807) is 18.4 Å². The normalized spacial score (nSPS) is 10.3. The molecule has 78 valence electrons. The maximum atomic E-state index is 5.18. The van der Waals surface area contributed by atoms with Gasteiger partial charge in [0.25, 0.3) is 0 Å². The van der Waals surface area contributed by atoms with Crippen LogP contribution >= 0.6 is 27.3 Å². The first kappa shape index (κ1) is 10.6. The van der Waals surface area contributed by atoms with Crippen LogP contribution in [0.15, 0.2) is 28.1 Å². The van der Waals surface area contributed by atoms with Crippen molar-refractivity contribution in [2.45, 2.75) is 6.92 Å². The van der Waals surface area contributed by atoms with Gasteiger partial charge in [-0.2, -0.15) is 0 Å². The first-order valence-electron chi connectivity index (χ1n) is 4.48. The number of thiazole rings is 1. The minimum Gasteiger partial charge on any atom is -0.497 e. The molecule has 0 saturated carbocycles. The van der Waals surface area contributed by atoms with Crippen LogP contribution < -0.4 is 4.74 Å². The summed E-state index contributed by atoms with van der Waals surface area (Å²) in [7, 11) is 1.67. The fourth-order valence-electron chi connectivity index (χ4n) is 1.35. The molecular weight excluding hydrogens is 274 g/mol. The van der Waals surface area contributed by atoms with E-state index in [4.69, 9.17) is 4.74 Å². The molecule has 0 unspecified atom stereocenters.